The summed E-state index contributed by atoms with van der Waals surface area (Å²) in [7, 11) is 0. The molecule has 1 N–H and O–H groups in total. The lowest BCUT2D eigenvalue weighted by Gasteiger charge is -2.24. The number of halogens is 1. The average Bonchev–Trinajstić information content (AvgIpc) is 2.92. The smallest absolute Gasteiger partial charge is 0.325 e. The summed E-state index contributed by atoms with van der Waals surface area (Å²) in [5, 5.41) is 13.9. The van der Waals surface area contributed by atoms with Gasteiger partial charge in [0.05, 0.1) is 18.1 Å². The monoisotopic (exact) mass is 401 g/mol. The van der Waals surface area contributed by atoms with E-state index in [0.717, 1.165) is 4.90 Å². The number of rotatable bonds is 4. The zero-order valence-electron chi connectivity index (χ0n) is 15.3. The number of hydrogen-bond donors (Lipinski definition) is 1. The lowest BCUT2D eigenvalue weighted by atomic mass is 9.92. The maximum atomic E-state index is 13.2. The molecule has 0 aliphatic carbocycles. The van der Waals surface area contributed by atoms with E-state index < -0.39 is 28.2 Å². The van der Waals surface area contributed by atoms with Crippen LogP contribution in [-0.2, 0) is 28.2 Å². The summed E-state index contributed by atoms with van der Waals surface area (Å²) in [6.45, 7) is 1.39. The van der Waals surface area contributed by atoms with Gasteiger partial charge in [-0.25, -0.2) is 9.18 Å². The number of nitrogens with zero attached hydrogens (tertiary/aromatic N) is 2. The van der Waals surface area contributed by atoms with Gasteiger partial charge in [-0.1, -0.05) is 12.1 Å². The molecule has 0 spiro atoms. The Morgan fingerprint density at radius 3 is 2.69 bits per heavy atom. The van der Waals surface area contributed by atoms with Gasteiger partial charge < -0.3 is 14.8 Å². The van der Waals surface area contributed by atoms with Crippen LogP contribution in [0.3, 0.4) is 0 Å². The molecule has 0 radical (unpaired) electrons. The third-order valence-corrected chi connectivity index (χ3v) is 5.01. The number of amides is 3. The van der Waals surface area contributed by atoms with Crippen LogP contribution in [0, 0.1) is 15.9 Å². The first-order chi connectivity index (χ1) is 13.8. The van der Waals surface area contributed by atoms with Crippen LogP contribution < -0.4 is 10.1 Å². The zero-order chi connectivity index (χ0) is 20.8. The van der Waals surface area contributed by atoms with E-state index in [1.807, 2.05) is 0 Å². The second-order valence-corrected chi connectivity index (χ2v) is 6.91. The largest absolute Gasteiger partial charge is 0.467 e. The van der Waals surface area contributed by atoms with Crippen LogP contribution in [0.4, 0.5) is 14.9 Å². The number of carbonyl (C=O) groups excluding carboxylic acids is 2. The Labute approximate surface area is 164 Å². The predicted molar refractivity (Wildman–Crippen MR) is 96.2 cm³/mol. The number of nitro benzene ring substituents is 1. The van der Waals surface area contributed by atoms with Crippen molar-refractivity contribution in [3.8, 4) is 5.75 Å². The topological polar surface area (TPSA) is 111 Å². The first-order valence-corrected chi connectivity index (χ1v) is 8.70. The van der Waals surface area contributed by atoms with Gasteiger partial charge in [0.25, 0.3) is 11.6 Å². The Morgan fingerprint density at radius 1 is 1.28 bits per heavy atom. The van der Waals surface area contributed by atoms with E-state index in [0.29, 0.717) is 22.4 Å². The molecule has 10 heteroatoms. The number of nitro groups is 1. The number of benzene rings is 2. The molecule has 2 aromatic carbocycles. The summed E-state index contributed by atoms with van der Waals surface area (Å²) in [4.78, 5) is 37.3. The second-order valence-electron chi connectivity index (χ2n) is 6.91. The SMILES string of the molecule is CC1(c2ccc(F)cc2)NC(=O)N(Cc2cc([N+](=O)[O-])cc3c2OCOC3)C1=O. The van der Waals surface area contributed by atoms with Gasteiger partial charge in [-0.3, -0.25) is 19.8 Å². The van der Waals surface area contributed by atoms with Crippen molar-refractivity contribution in [2.75, 3.05) is 6.79 Å². The van der Waals surface area contributed by atoms with Crippen molar-refractivity contribution in [3.63, 3.8) is 0 Å². The van der Waals surface area contributed by atoms with Crippen molar-refractivity contribution in [2.24, 2.45) is 0 Å². The first kappa shape index (κ1) is 18.8. The number of nitrogens with one attached hydrogen (secondary N) is 1. The molecule has 2 aliphatic heterocycles. The minimum atomic E-state index is -1.38. The third kappa shape index (κ3) is 3.17. The molecule has 9 nitrogen and oxygen atoms in total. The molecule has 150 valence electrons. The van der Waals surface area contributed by atoms with Gasteiger partial charge in [-0.15, -0.1) is 0 Å². The van der Waals surface area contributed by atoms with Gasteiger partial charge >= 0.3 is 6.03 Å². The van der Waals surface area contributed by atoms with Crippen LogP contribution >= 0.6 is 0 Å². The molecule has 2 heterocycles. The van der Waals surface area contributed by atoms with Gasteiger partial charge in [0, 0.05) is 23.3 Å². The van der Waals surface area contributed by atoms with Gasteiger partial charge in [-0.2, -0.15) is 0 Å². The van der Waals surface area contributed by atoms with Crippen LogP contribution in [-0.4, -0.2) is 28.6 Å². The quantitative estimate of drug-likeness (QED) is 0.479. The third-order valence-electron chi connectivity index (χ3n) is 5.01. The van der Waals surface area contributed by atoms with Crippen LogP contribution in [0.2, 0.25) is 0 Å². The van der Waals surface area contributed by atoms with Crippen LogP contribution in [0.5, 0.6) is 5.75 Å². The molecule has 1 saturated heterocycles. The molecular formula is C19H16FN3O6. The summed E-state index contributed by atoms with van der Waals surface area (Å²) in [5.74, 6) is -0.659. The molecule has 3 amide bonds. The molecule has 0 saturated carbocycles. The second kappa shape index (κ2) is 6.82. The number of non-ortho nitro benzene ring substituents is 1. The van der Waals surface area contributed by atoms with Crippen molar-refractivity contribution >= 4 is 17.6 Å². The summed E-state index contributed by atoms with van der Waals surface area (Å²) < 4.78 is 23.9. The van der Waals surface area contributed by atoms with E-state index in [4.69, 9.17) is 9.47 Å². The molecule has 4 rings (SSSR count). The number of fused-ring (bicyclic) bond motifs is 1. The van der Waals surface area contributed by atoms with Crippen LogP contribution in [0.1, 0.15) is 23.6 Å². The highest BCUT2D eigenvalue weighted by atomic mass is 19.1. The Kier molecular flexibility index (Phi) is 4.42. The molecule has 0 aromatic heterocycles. The summed E-state index contributed by atoms with van der Waals surface area (Å²) in [5.41, 5.74) is -0.361. The standard InChI is InChI=1S/C19H16FN3O6/c1-19(13-2-4-14(20)5-3-13)17(24)22(18(25)21-19)8-11-6-15(23(26)27)7-12-9-28-10-29-16(11)12/h2-7H,8-10H2,1H3,(H,21,25). The number of hydrogen-bond acceptors (Lipinski definition) is 6. The molecular weight excluding hydrogens is 385 g/mol. The minimum Gasteiger partial charge on any atom is -0.467 e. The Bertz CT molecular complexity index is 1030. The summed E-state index contributed by atoms with van der Waals surface area (Å²) in [6.07, 6.45) is 0. The molecule has 29 heavy (non-hydrogen) atoms. The maximum absolute atomic E-state index is 13.2. The molecule has 2 aliphatic rings. The van der Waals surface area contributed by atoms with Crippen molar-refractivity contribution in [1.29, 1.82) is 0 Å². The predicted octanol–water partition coefficient (Wildman–Crippen LogP) is 2.57. The number of ether oxygens (including phenoxy) is 2. The van der Waals surface area contributed by atoms with Gasteiger partial charge in [0.15, 0.2) is 6.79 Å². The molecule has 1 fully saturated rings. The number of carbonyl (C=O) groups is 2. The van der Waals surface area contributed by atoms with E-state index in [2.05, 4.69) is 5.32 Å². The van der Waals surface area contributed by atoms with E-state index in [9.17, 15) is 24.1 Å². The highest BCUT2D eigenvalue weighted by molar-refractivity contribution is 6.07. The molecule has 1 unspecified atom stereocenters. The maximum Gasteiger partial charge on any atom is 0.325 e. The molecule has 1 atom stereocenters. The van der Waals surface area contributed by atoms with E-state index in [1.165, 1.54) is 43.3 Å². The van der Waals surface area contributed by atoms with E-state index in [1.54, 1.807) is 0 Å². The highest BCUT2D eigenvalue weighted by Gasteiger charge is 2.49. The fourth-order valence-electron chi connectivity index (χ4n) is 3.49. The Morgan fingerprint density at radius 2 is 2.00 bits per heavy atom. The average molecular weight is 401 g/mol. The zero-order valence-corrected chi connectivity index (χ0v) is 15.3. The van der Waals surface area contributed by atoms with Crippen molar-refractivity contribution in [2.45, 2.75) is 25.6 Å². The fourth-order valence-corrected chi connectivity index (χ4v) is 3.49. The lowest BCUT2D eigenvalue weighted by Crippen LogP contribution is -2.40. The Balaban J connectivity index is 1.69. The summed E-state index contributed by atoms with van der Waals surface area (Å²) in [6, 6.07) is 7.21. The fraction of sp³-hybridized carbons (Fsp3) is 0.263. The minimum absolute atomic E-state index is 0.0365. The number of urea groups is 1. The normalized spacial score (nSPS) is 20.8. The Hall–Kier alpha value is -3.53. The lowest BCUT2D eigenvalue weighted by molar-refractivity contribution is -0.385. The molecule has 2 aromatic rings. The van der Waals surface area contributed by atoms with Crippen LogP contribution in [0.25, 0.3) is 0 Å². The van der Waals surface area contributed by atoms with E-state index in [-0.39, 0.29) is 25.6 Å². The van der Waals surface area contributed by atoms with E-state index >= 15 is 0 Å². The van der Waals surface area contributed by atoms with Crippen molar-refractivity contribution in [1.82, 2.24) is 10.2 Å². The first-order valence-electron chi connectivity index (χ1n) is 8.70. The van der Waals surface area contributed by atoms with Gasteiger partial charge in [0.2, 0.25) is 0 Å². The highest BCUT2D eigenvalue weighted by Crippen LogP contribution is 2.36. The number of imide groups is 1. The molecule has 0 bridgehead atoms. The van der Waals surface area contributed by atoms with Crippen LogP contribution in [0.15, 0.2) is 36.4 Å². The van der Waals surface area contributed by atoms with Gasteiger partial charge in [-0.05, 0) is 24.6 Å². The van der Waals surface area contributed by atoms with Gasteiger partial charge in [0.1, 0.15) is 17.1 Å². The van der Waals surface area contributed by atoms with Crippen molar-refractivity contribution < 1.29 is 28.4 Å². The van der Waals surface area contributed by atoms with Crippen molar-refractivity contribution in [3.05, 3.63) is 69.0 Å². The summed E-state index contributed by atoms with van der Waals surface area (Å²) >= 11 is 0.